The number of hydrogen-bond donors (Lipinski definition) is 1. The van der Waals surface area contributed by atoms with Gasteiger partial charge in [-0.3, -0.25) is 4.90 Å². The highest BCUT2D eigenvalue weighted by Gasteiger charge is 2.24. The van der Waals surface area contributed by atoms with Gasteiger partial charge in [0.1, 0.15) is 0 Å². The fraction of sp³-hybridized carbons (Fsp3) is 0.818. The highest BCUT2D eigenvalue weighted by Crippen LogP contribution is 2.15. The average molecular weight is 198 g/mol. The van der Waals surface area contributed by atoms with E-state index < -0.39 is 0 Å². The van der Waals surface area contributed by atoms with Crippen LogP contribution in [-0.4, -0.2) is 43.3 Å². The first-order valence-electron chi connectivity index (χ1n) is 5.35. The third kappa shape index (κ3) is 4.22. The Morgan fingerprint density at radius 1 is 1.43 bits per heavy atom. The van der Waals surface area contributed by atoms with Crippen molar-refractivity contribution < 1.29 is 4.74 Å². The van der Waals surface area contributed by atoms with Crippen LogP contribution in [0.3, 0.4) is 0 Å². The van der Waals surface area contributed by atoms with Gasteiger partial charge in [0.2, 0.25) is 0 Å². The van der Waals surface area contributed by atoms with Crippen molar-refractivity contribution in [2.75, 3.05) is 32.8 Å². The number of nitrogens with two attached hydrogens (primary N) is 1. The molecule has 1 aliphatic heterocycles. The minimum absolute atomic E-state index is 0.00689. The van der Waals surface area contributed by atoms with Gasteiger partial charge in [0.25, 0.3) is 0 Å². The average Bonchev–Trinajstić information content (AvgIpc) is 2.27. The van der Waals surface area contributed by atoms with Gasteiger partial charge in [0, 0.05) is 32.8 Å². The van der Waals surface area contributed by atoms with Crippen LogP contribution < -0.4 is 5.73 Å². The molecule has 0 aromatic carbocycles. The Bertz CT molecular complexity index is 190. The third-order valence-corrected chi connectivity index (χ3v) is 2.38. The molecule has 0 bridgehead atoms. The van der Waals surface area contributed by atoms with Crippen molar-refractivity contribution in [1.29, 1.82) is 0 Å². The Morgan fingerprint density at radius 2 is 2.21 bits per heavy atom. The molecule has 0 atom stereocenters. The van der Waals surface area contributed by atoms with Crippen LogP contribution in [-0.2, 0) is 4.74 Å². The molecule has 0 spiro atoms. The lowest BCUT2D eigenvalue weighted by molar-refractivity contribution is -0.0160. The van der Waals surface area contributed by atoms with Gasteiger partial charge in [-0.05, 0) is 20.3 Å². The highest BCUT2D eigenvalue weighted by atomic mass is 16.5. The van der Waals surface area contributed by atoms with Crippen LogP contribution in [0.25, 0.3) is 0 Å². The summed E-state index contributed by atoms with van der Waals surface area (Å²) in [6.07, 6.45) is 5.28. The van der Waals surface area contributed by atoms with E-state index in [0.717, 1.165) is 32.7 Å². The first kappa shape index (κ1) is 11.7. The lowest BCUT2D eigenvalue weighted by Gasteiger charge is -2.28. The summed E-state index contributed by atoms with van der Waals surface area (Å²) >= 11 is 0. The zero-order valence-corrected chi connectivity index (χ0v) is 9.33. The van der Waals surface area contributed by atoms with Crippen molar-refractivity contribution in [3.05, 3.63) is 12.2 Å². The van der Waals surface area contributed by atoms with Gasteiger partial charge in [-0.1, -0.05) is 12.2 Å². The van der Waals surface area contributed by atoms with E-state index >= 15 is 0 Å². The van der Waals surface area contributed by atoms with Crippen LogP contribution in [0.1, 0.15) is 20.3 Å². The molecule has 2 N–H and O–H groups in total. The molecule has 0 aromatic heterocycles. The first-order valence-corrected chi connectivity index (χ1v) is 5.35. The van der Waals surface area contributed by atoms with Gasteiger partial charge < -0.3 is 10.5 Å². The van der Waals surface area contributed by atoms with Crippen molar-refractivity contribution in [3.63, 3.8) is 0 Å². The SMILES string of the molecule is CC1(C)CN(C/C=C/CN)CCCO1. The lowest BCUT2D eigenvalue weighted by atomic mass is 10.1. The molecule has 0 unspecified atom stereocenters. The molecule has 1 heterocycles. The van der Waals surface area contributed by atoms with E-state index in [1.807, 2.05) is 6.08 Å². The molecule has 3 nitrogen and oxygen atoms in total. The minimum atomic E-state index is -0.00689. The fourth-order valence-corrected chi connectivity index (χ4v) is 1.78. The predicted molar refractivity (Wildman–Crippen MR) is 59.3 cm³/mol. The Balaban J connectivity index is 2.39. The largest absolute Gasteiger partial charge is 0.374 e. The van der Waals surface area contributed by atoms with Gasteiger partial charge in [-0.2, -0.15) is 0 Å². The van der Waals surface area contributed by atoms with Gasteiger partial charge >= 0.3 is 0 Å². The highest BCUT2D eigenvalue weighted by molar-refractivity contribution is 4.88. The van der Waals surface area contributed by atoms with E-state index in [1.54, 1.807) is 0 Å². The van der Waals surface area contributed by atoms with Crippen molar-refractivity contribution in [2.45, 2.75) is 25.9 Å². The van der Waals surface area contributed by atoms with Gasteiger partial charge in [-0.25, -0.2) is 0 Å². The van der Waals surface area contributed by atoms with Crippen LogP contribution in [0.4, 0.5) is 0 Å². The van der Waals surface area contributed by atoms with Crippen molar-refractivity contribution in [2.24, 2.45) is 5.73 Å². The minimum Gasteiger partial charge on any atom is -0.374 e. The van der Waals surface area contributed by atoms with Crippen LogP contribution in [0.2, 0.25) is 0 Å². The number of ether oxygens (including phenoxy) is 1. The normalized spacial score (nSPS) is 23.9. The Morgan fingerprint density at radius 3 is 2.93 bits per heavy atom. The molecule has 0 aliphatic carbocycles. The molecule has 0 amide bonds. The smallest absolute Gasteiger partial charge is 0.0752 e. The van der Waals surface area contributed by atoms with E-state index in [1.165, 1.54) is 0 Å². The second-order valence-electron chi connectivity index (χ2n) is 4.40. The molecule has 1 fully saturated rings. The summed E-state index contributed by atoms with van der Waals surface area (Å²) in [5.74, 6) is 0. The maximum absolute atomic E-state index is 5.74. The molecule has 1 aliphatic rings. The van der Waals surface area contributed by atoms with E-state index in [-0.39, 0.29) is 5.60 Å². The summed E-state index contributed by atoms with van der Waals surface area (Å²) < 4.78 is 5.74. The van der Waals surface area contributed by atoms with Crippen molar-refractivity contribution >= 4 is 0 Å². The maximum atomic E-state index is 5.74. The summed E-state index contributed by atoms with van der Waals surface area (Å²) in [5, 5.41) is 0. The summed E-state index contributed by atoms with van der Waals surface area (Å²) in [6.45, 7) is 8.93. The first-order chi connectivity index (χ1) is 6.64. The number of hydrogen-bond acceptors (Lipinski definition) is 3. The standard InChI is InChI=1S/C11H22N2O/c1-11(2)10-13(7-4-3-6-12)8-5-9-14-11/h3-4H,5-10,12H2,1-2H3/b4-3+. The van der Waals surface area contributed by atoms with Crippen molar-refractivity contribution in [3.8, 4) is 0 Å². The quantitative estimate of drug-likeness (QED) is 0.688. The zero-order valence-electron chi connectivity index (χ0n) is 9.33. The molecule has 1 saturated heterocycles. The molecule has 0 radical (unpaired) electrons. The Kier molecular flexibility index (Phi) is 4.58. The molecule has 3 heteroatoms. The molecule has 1 rings (SSSR count). The summed E-state index contributed by atoms with van der Waals surface area (Å²) in [6, 6.07) is 0. The van der Waals surface area contributed by atoms with Gasteiger partial charge in [0.15, 0.2) is 0 Å². The molecular weight excluding hydrogens is 176 g/mol. The van der Waals surface area contributed by atoms with E-state index in [2.05, 4.69) is 24.8 Å². The van der Waals surface area contributed by atoms with E-state index in [9.17, 15) is 0 Å². The van der Waals surface area contributed by atoms with Gasteiger partial charge in [0.05, 0.1) is 5.60 Å². The summed E-state index contributed by atoms with van der Waals surface area (Å²) in [7, 11) is 0. The van der Waals surface area contributed by atoms with Crippen LogP contribution in [0.5, 0.6) is 0 Å². The summed E-state index contributed by atoms with van der Waals surface area (Å²) in [5.41, 5.74) is 5.39. The van der Waals surface area contributed by atoms with Crippen LogP contribution >= 0.6 is 0 Å². The molecule has 82 valence electrons. The number of nitrogens with zero attached hydrogens (tertiary/aromatic N) is 1. The Labute approximate surface area is 86.9 Å². The second kappa shape index (κ2) is 5.49. The van der Waals surface area contributed by atoms with E-state index in [0.29, 0.717) is 6.54 Å². The van der Waals surface area contributed by atoms with E-state index in [4.69, 9.17) is 10.5 Å². The lowest BCUT2D eigenvalue weighted by Crippen LogP contribution is -2.38. The van der Waals surface area contributed by atoms with Crippen molar-refractivity contribution in [1.82, 2.24) is 4.90 Å². The predicted octanol–water partition coefficient (Wildman–Crippen LogP) is 1.00. The topological polar surface area (TPSA) is 38.5 Å². The maximum Gasteiger partial charge on any atom is 0.0752 e. The van der Waals surface area contributed by atoms with Crippen LogP contribution in [0, 0.1) is 0 Å². The van der Waals surface area contributed by atoms with Gasteiger partial charge in [-0.15, -0.1) is 0 Å². The molecule has 14 heavy (non-hydrogen) atoms. The monoisotopic (exact) mass is 198 g/mol. The zero-order chi connectivity index (χ0) is 10.4. The number of rotatable bonds is 3. The Hall–Kier alpha value is -0.380. The molecule has 0 aromatic rings. The third-order valence-electron chi connectivity index (χ3n) is 2.38. The summed E-state index contributed by atoms with van der Waals surface area (Å²) in [4.78, 5) is 2.42. The van der Waals surface area contributed by atoms with Crippen LogP contribution in [0.15, 0.2) is 12.2 Å². The molecular formula is C11H22N2O. The second-order valence-corrected chi connectivity index (χ2v) is 4.40. The molecule has 0 saturated carbocycles. The fourth-order valence-electron chi connectivity index (χ4n) is 1.78.